The van der Waals surface area contributed by atoms with Crippen LogP contribution in [0.25, 0.3) is 0 Å². The lowest BCUT2D eigenvalue weighted by atomic mass is 9.79. The summed E-state index contributed by atoms with van der Waals surface area (Å²) in [6.07, 6.45) is -2.99. The van der Waals surface area contributed by atoms with E-state index in [1.165, 1.54) is 0 Å². The number of ether oxygens (including phenoxy) is 1. The maximum atomic E-state index is 13.1. The molecule has 0 saturated carbocycles. The van der Waals surface area contributed by atoms with E-state index < -0.39 is 39.2 Å². The maximum Gasteiger partial charge on any atom is 0.442 e. The Morgan fingerprint density at radius 1 is 1.17 bits per heavy atom. The van der Waals surface area contributed by atoms with E-state index in [2.05, 4.69) is 20.3 Å². The predicted molar refractivity (Wildman–Crippen MR) is 93.3 cm³/mol. The van der Waals surface area contributed by atoms with Crippen LogP contribution >= 0.6 is 0 Å². The fourth-order valence-electron chi connectivity index (χ4n) is 4.08. The van der Waals surface area contributed by atoms with Gasteiger partial charge in [0.25, 0.3) is 10.0 Å². The molecule has 1 unspecified atom stereocenters. The molecule has 3 aliphatic heterocycles. The number of nitrogens with one attached hydrogen (secondary N) is 2. The topological polar surface area (TPSA) is 109 Å². The number of hydrogen-bond donors (Lipinski definition) is 2. The monoisotopic (exact) mass is 432 g/mol. The first kappa shape index (κ1) is 20.2. The Morgan fingerprint density at radius 2 is 1.79 bits per heavy atom. The quantitative estimate of drug-likeness (QED) is 0.755. The van der Waals surface area contributed by atoms with Gasteiger partial charge in [0.2, 0.25) is 5.91 Å². The van der Waals surface area contributed by atoms with E-state index in [4.69, 9.17) is 4.74 Å². The van der Waals surface area contributed by atoms with Crippen molar-refractivity contribution in [3.63, 3.8) is 0 Å². The van der Waals surface area contributed by atoms with Gasteiger partial charge in [-0.3, -0.25) is 4.79 Å². The zero-order valence-corrected chi connectivity index (χ0v) is 16.0. The molecule has 158 valence electrons. The van der Waals surface area contributed by atoms with Crippen molar-refractivity contribution >= 4 is 15.9 Å². The molecule has 29 heavy (non-hydrogen) atoms. The lowest BCUT2D eigenvalue weighted by Gasteiger charge is -2.38. The summed E-state index contributed by atoms with van der Waals surface area (Å²) in [6, 6.07) is 4.03. The van der Waals surface area contributed by atoms with Gasteiger partial charge in [0.05, 0.1) is 10.8 Å². The fourth-order valence-corrected chi connectivity index (χ4v) is 5.10. The van der Waals surface area contributed by atoms with Crippen LogP contribution in [-0.4, -0.2) is 45.8 Å². The highest BCUT2D eigenvalue weighted by Gasteiger charge is 2.65. The number of carbonyl (C=O) groups is 1. The molecule has 1 amide bonds. The van der Waals surface area contributed by atoms with Crippen molar-refractivity contribution in [3.8, 4) is 0 Å². The van der Waals surface area contributed by atoms with Crippen LogP contribution in [0.1, 0.15) is 24.8 Å². The molecule has 0 aromatic heterocycles. The first-order chi connectivity index (χ1) is 13.6. The molecular formula is C17H19F3N4O4S. The van der Waals surface area contributed by atoms with Crippen molar-refractivity contribution in [2.24, 2.45) is 16.1 Å². The summed E-state index contributed by atoms with van der Waals surface area (Å²) in [5, 5.41) is 9.47. The second kappa shape index (κ2) is 6.74. The van der Waals surface area contributed by atoms with Crippen LogP contribution in [0.15, 0.2) is 39.4 Å². The molecule has 2 fully saturated rings. The van der Waals surface area contributed by atoms with Gasteiger partial charge in [-0.2, -0.15) is 13.2 Å². The number of carbonyl (C=O) groups excluding carboxylic acids is 1. The molecule has 4 rings (SSSR count). The molecule has 2 saturated heterocycles. The average molecular weight is 432 g/mol. The van der Waals surface area contributed by atoms with Gasteiger partial charge in [-0.15, -0.1) is 10.2 Å². The number of sulfonamides is 1. The van der Waals surface area contributed by atoms with Crippen LogP contribution in [0.5, 0.6) is 0 Å². The SMILES string of the molecule is O=C(NS(=O)(=O)c1ccc(C2(C(F)(F)F)N=N2)cc1)C1CCNC12CCOCC2. The van der Waals surface area contributed by atoms with Crippen LogP contribution in [0.3, 0.4) is 0 Å². The minimum atomic E-state index is -4.70. The van der Waals surface area contributed by atoms with Gasteiger partial charge < -0.3 is 10.1 Å². The van der Waals surface area contributed by atoms with Crippen molar-refractivity contribution in [1.82, 2.24) is 10.0 Å². The number of halogens is 3. The van der Waals surface area contributed by atoms with Crippen LogP contribution in [0, 0.1) is 5.92 Å². The van der Waals surface area contributed by atoms with Gasteiger partial charge in [-0.05, 0) is 37.9 Å². The second-order valence-corrected chi connectivity index (χ2v) is 9.08. The lowest BCUT2D eigenvalue weighted by molar-refractivity contribution is -0.166. The van der Waals surface area contributed by atoms with E-state index in [-0.39, 0.29) is 10.5 Å². The summed E-state index contributed by atoms with van der Waals surface area (Å²) in [6.45, 7) is 1.57. The first-order valence-corrected chi connectivity index (χ1v) is 10.6. The third-order valence-electron chi connectivity index (χ3n) is 5.78. The first-order valence-electron chi connectivity index (χ1n) is 9.10. The van der Waals surface area contributed by atoms with Gasteiger partial charge in [0.15, 0.2) is 0 Å². The lowest BCUT2D eigenvalue weighted by Crippen LogP contribution is -2.54. The summed E-state index contributed by atoms with van der Waals surface area (Å²) < 4.78 is 71.8. The van der Waals surface area contributed by atoms with E-state index in [1.54, 1.807) is 0 Å². The van der Waals surface area contributed by atoms with Crippen molar-refractivity contribution in [1.29, 1.82) is 0 Å². The molecule has 3 aliphatic rings. The Balaban J connectivity index is 1.50. The van der Waals surface area contributed by atoms with Gasteiger partial charge in [0, 0.05) is 24.3 Å². The van der Waals surface area contributed by atoms with Crippen molar-refractivity contribution in [2.45, 2.75) is 41.5 Å². The summed E-state index contributed by atoms with van der Waals surface area (Å²) in [4.78, 5) is 12.4. The zero-order chi connectivity index (χ0) is 20.9. The second-order valence-electron chi connectivity index (χ2n) is 7.40. The van der Waals surface area contributed by atoms with Crippen LogP contribution < -0.4 is 10.0 Å². The standard InChI is InChI=1S/C17H19F3N4O4S/c18-17(19,20)16(23-24-16)11-1-3-12(4-2-11)29(26,27)22-14(25)13-5-8-21-15(13)6-9-28-10-7-15/h1-4,13,21H,5-10H2,(H,22,25). The Bertz CT molecular complexity index is 934. The molecule has 12 heteroatoms. The predicted octanol–water partition coefficient (Wildman–Crippen LogP) is 1.83. The summed E-state index contributed by atoms with van der Waals surface area (Å²) >= 11 is 0. The fraction of sp³-hybridized carbons (Fsp3) is 0.588. The number of alkyl halides is 3. The van der Waals surface area contributed by atoms with E-state index in [0.717, 1.165) is 24.3 Å². The molecule has 1 aromatic carbocycles. The molecule has 0 radical (unpaired) electrons. The third kappa shape index (κ3) is 3.42. The van der Waals surface area contributed by atoms with E-state index in [0.29, 0.717) is 39.0 Å². The maximum absolute atomic E-state index is 13.1. The minimum Gasteiger partial charge on any atom is -0.381 e. The number of hydrogen-bond acceptors (Lipinski definition) is 7. The Kier molecular flexibility index (Phi) is 4.70. The molecule has 2 N–H and O–H groups in total. The summed E-state index contributed by atoms with van der Waals surface area (Å²) in [5.74, 6) is -1.15. The molecular weight excluding hydrogens is 413 g/mol. The Morgan fingerprint density at radius 3 is 2.34 bits per heavy atom. The van der Waals surface area contributed by atoms with Gasteiger partial charge in [-0.1, -0.05) is 12.1 Å². The van der Waals surface area contributed by atoms with E-state index in [9.17, 15) is 26.4 Å². The summed E-state index contributed by atoms with van der Waals surface area (Å²) in [5.41, 5.74) is -3.39. The van der Waals surface area contributed by atoms with E-state index >= 15 is 0 Å². The Labute approximate surface area is 165 Å². The highest BCUT2D eigenvalue weighted by atomic mass is 32.2. The molecule has 0 bridgehead atoms. The van der Waals surface area contributed by atoms with Crippen LogP contribution in [0.2, 0.25) is 0 Å². The molecule has 0 aliphatic carbocycles. The highest BCUT2D eigenvalue weighted by Crippen LogP contribution is 2.52. The molecule has 1 spiro atoms. The van der Waals surface area contributed by atoms with Gasteiger partial charge >= 0.3 is 11.8 Å². The van der Waals surface area contributed by atoms with Gasteiger partial charge in [-0.25, -0.2) is 13.1 Å². The largest absolute Gasteiger partial charge is 0.442 e. The minimum absolute atomic E-state index is 0.281. The Hall–Kier alpha value is -2.05. The smallest absolute Gasteiger partial charge is 0.381 e. The molecule has 8 nitrogen and oxygen atoms in total. The number of rotatable bonds is 4. The summed E-state index contributed by atoms with van der Waals surface area (Å²) in [7, 11) is -4.23. The van der Waals surface area contributed by atoms with Crippen LogP contribution in [0.4, 0.5) is 13.2 Å². The molecule has 1 aromatic rings. The van der Waals surface area contributed by atoms with Crippen LogP contribution in [-0.2, 0) is 25.2 Å². The zero-order valence-electron chi connectivity index (χ0n) is 15.2. The average Bonchev–Trinajstić information content (AvgIpc) is 3.40. The molecule has 1 atom stereocenters. The number of nitrogens with zero attached hydrogens (tertiary/aromatic N) is 2. The number of amides is 1. The molecule has 3 heterocycles. The van der Waals surface area contributed by atoms with Crippen molar-refractivity contribution in [3.05, 3.63) is 29.8 Å². The van der Waals surface area contributed by atoms with Crippen molar-refractivity contribution < 1.29 is 31.1 Å². The van der Waals surface area contributed by atoms with Gasteiger partial charge in [0.1, 0.15) is 0 Å². The van der Waals surface area contributed by atoms with E-state index in [1.807, 2.05) is 0 Å². The normalized spacial score (nSPS) is 25.1. The van der Waals surface area contributed by atoms with Crippen molar-refractivity contribution in [2.75, 3.05) is 19.8 Å². The third-order valence-corrected chi connectivity index (χ3v) is 7.14. The number of benzene rings is 1. The highest BCUT2D eigenvalue weighted by molar-refractivity contribution is 7.90.